The zero-order valence-corrected chi connectivity index (χ0v) is 42.7. The minimum Gasteiger partial charge on any atom is -0.506 e. The SMILES string of the molecule is CCOC(=O)C1=C(O)/C(=C/c2ccc(OC)c(O)c2)SC1=Nc1ccccc1.O=C(Nc1ccc(C2=NCCN2)cc1)Nc1cc(NC(=O)Nc2ccc(C3=NCCN3)cc2)cc(C(=O)NCC2CC2)c1.O=C(O)C(F)(F)F. The van der Waals surface area contributed by atoms with Crippen LogP contribution in [0.3, 0.4) is 0 Å². The highest BCUT2D eigenvalue weighted by molar-refractivity contribution is 8.18. The number of nitrogens with one attached hydrogen (secondary N) is 7. The van der Waals surface area contributed by atoms with E-state index in [1.807, 2.05) is 42.5 Å². The Morgan fingerprint density at radius 3 is 1.76 bits per heavy atom. The predicted molar refractivity (Wildman–Crippen MR) is 292 cm³/mol. The van der Waals surface area contributed by atoms with Crippen molar-refractivity contribution < 1.29 is 61.9 Å². The number of aliphatic hydroxyl groups excluding tert-OH is 1. The van der Waals surface area contributed by atoms with Gasteiger partial charge in [-0.2, -0.15) is 13.2 Å². The van der Waals surface area contributed by atoms with E-state index in [2.05, 4.69) is 52.2 Å². The fourth-order valence-corrected chi connectivity index (χ4v) is 8.35. The van der Waals surface area contributed by atoms with Gasteiger partial charge in [0.15, 0.2) is 11.5 Å². The van der Waals surface area contributed by atoms with E-state index in [1.165, 1.54) is 13.2 Å². The number of phenolic OH excluding ortho intramolecular Hbond substituents is 1. The lowest BCUT2D eigenvalue weighted by atomic mass is 10.1. The fraction of sp³-hybridized carbons (Fsp3) is 0.222. The number of aromatic hydroxyl groups is 1. The van der Waals surface area contributed by atoms with Crippen LogP contribution in [-0.2, 0) is 14.3 Å². The summed E-state index contributed by atoms with van der Waals surface area (Å²) in [7, 11) is 1.46. The number of hydrogen-bond acceptors (Lipinski definition) is 15. The van der Waals surface area contributed by atoms with Gasteiger partial charge in [0.1, 0.15) is 28.0 Å². The van der Waals surface area contributed by atoms with Crippen LogP contribution in [0, 0.1) is 5.92 Å². The fourth-order valence-electron chi connectivity index (χ4n) is 7.32. The average Bonchev–Trinajstić information content (AvgIpc) is 3.75. The maximum atomic E-state index is 12.9. The van der Waals surface area contributed by atoms with E-state index in [4.69, 9.17) is 19.4 Å². The number of aliphatic hydroxyl groups is 1. The molecule has 0 unspecified atom stereocenters. The molecule has 5 amide bonds. The van der Waals surface area contributed by atoms with Gasteiger partial charge < -0.3 is 62.0 Å². The molecule has 4 aliphatic rings. The number of carboxylic acid groups (broad SMARTS) is 1. The minimum atomic E-state index is -5.08. The smallest absolute Gasteiger partial charge is 0.490 e. The van der Waals surface area contributed by atoms with Crippen molar-refractivity contribution in [1.82, 2.24) is 16.0 Å². The number of halogens is 3. The van der Waals surface area contributed by atoms with Crippen LogP contribution in [0.25, 0.3) is 6.08 Å². The van der Waals surface area contributed by atoms with Gasteiger partial charge in [0.05, 0.1) is 37.4 Å². The van der Waals surface area contributed by atoms with Crippen molar-refractivity contribution >= 4 is 92.9 Å². The first-order valence-corrected chi connectivity index (χ1v) is 25.0. The van der Waals surface area contributed by atoms with Gasteiger partial charge in [-0.3, -0.25) is 14.8 Å². The van der Waals surface area contributed by atoms with Crippen LogP contribution < -0.4 is 42.0 Å². The molecule has 24 heteroatoms. The summed E-state index contributed by atoms with van der Waals surface area (Å²) in [5, 5.41) is 48.6. The van der Waals surface area contributed by atoms with Crippen LogP contribution in [0.15, 0.2) is 146 Å². The number of amidine groups is 2. The Morgan fingerprint density at radius 1 is 0.756 bits per heavy atom. The molecule has 0 aromatic heterocycles. The lowest BCUT2D eigenvalue weighted by molar-refractivity contribution is -0.192. The predicted octanol–water partition coefficient (Wildman–Crippen LogP) is 9.04. The Bertz CT molecular complexity index is 3080. The number of aliphatic imine (C=N–C) groups is 3. The molecule has 78 heavy (non-hydrogen) atoms. The Balaban J connectivity index is 0.000000216. The second kappa shape index (κ2) is 26.4. The van der Waals surface area contributed by atoms with E-state index >= 15 is 0 Å². The monoisotopic (exact) mass is 1090 g/mol. The molecule has 9 rings (SSSR count). The number of hydrogen-bond donors (Lipinski definition) is 10. The summed E-state index contributed by atoms with van der Waals surface area (Å²) < 4.78 is 41.8. The number of rotatable bonds is 14. The number of esters is 1. The third-order valence-electron chi connectivity index (χ3n) is 11.2. The zero-order valence-electron chi connectivity index (χ0n) is 41.9. The third kappa shape index (κ3) is 16.3. The van der Waals surface area contributed by atoms with Crippen molar-refractivity contribution in [2.75, 3.05) is 67.7 Å². The van der Waals surface area contributed by atoms with Gasteiger partial charge in [-0.15, -0.1) is 0 Å². The molecule has 5 aromatic carbocycles. The maximum Gasteiger partial charge on any atom is 0.490 e. The number of anilines is 4. The molecular weight excluding hydrogens is 1040 g/mol. The van der Waals surface area contributed by atoms with Crippen LogP contribution in [0.2, 0.25) is 0 Å². The third-order valence-corrected chi connectivity index (χ3v) is 12.3. The van der Waals surface area contributed by atoms with Crippen molar-refractivity contribution in [3.8, 4) is 11.5 Å². The molecule has 0 atom stereocenters. The molecule has 0 saturated heterocycles. The molecule has 10 N–H and O–H groups in total. The summed E-state index contributed by atoms with van der Waals surface area (Å²) in [4.78, 5) is 73.6. The van der Waals surface area contributed by atoms with E-state index in [0.717, 1.165) is 73.6 Å². The first-order chi connectivity index (χ1) is 37.5. The second-order valence-electron chi connectivity index (χ2n) is 17.1. The quantitative estimate of drug-likeness (QED) is 0.0465. The van der Waals surface area contributed by atoms with Crippen molar-refractivity contribution in [1.29, 1.82) is 0 Å². The average molecular weight is 1090 g/mol. The first kappa shape index (κ1) is 56.4. The molecule has 1 aliphatic carbocycles. The van der Waals surface area contributed by atoms with Crippen molar-refractivity contribution in [2.45, 2.75) is 25.9 Å². The summed E-state index contributed by atoms with van der Waals surface area (Å²) in [6, 6.07) is 32.5. The zero-order chi connectivity index (χ0) is 55.8. The molecule has 5 aromatic rings. The number of thioether (sulfide) groups is 1. The number of carbonyl (C=O) groups is 5. The van der Waals surface area contributed by atoms with Crippen LogP contribution in [0.1, 0.15) is 46.8 Å². The number of methoxy groups -OCH3 is 1. The lowest BCUT2D eigenvalue weighted by Crippen LogP contribution is -2.26. The number of urea groups is 2. The molecule has 0 radical (unpaired) electrons. The molecule has 406 valence electrons. The Kier molecular flexibility index (Phi) is 19.1. The topological polar surface area (TPSA) is 286 Å². The molecular formula is C54H53F3N10O10S. The Labute approximate surface area is 449 Å². The Morgan fingerprint density at radius 2 is 1.29 bits per heavy atom. The van der Waals surface area contributed by atoms with Gasteiger partial charge in [-0.25, -0.2) is 24.2 Å². The lowest BCUT2D eigenvalue weighted by Gasteiger charge is -2.14. The van der Waals surface area contributed by atoms with Crippen LogP contribution in [0.4, 0.5) is 51.2 Å². The van der Waals surface area contributed by atoms with E-state index in [9.17, 15) is 42.6 Å². The first-order valence-electron chi connectivity index (χ1n) is 24.1. The minimum absolute atomic E-state index is 0.0212. The number of nitrogens with zero attached hydrogens (tertiary/aromatic N) is 3. The second-order valence-corrected chi connectivity index (χ2v) is 18.2. The van der Waals surface area contributed by atoms with E-state index in [-0.39, 0.29) is 29.6 Å². The number of aliphatic carboxylic acids is 1. The molecule has 1 saturated carbocycles. The number of para-hydroxylation sites is 1. The van der Waals surface area contributed by atoms with Gasteiger partial charge in [0.2, 0.25) is 0 Å². The summed E-state index contributed by atoms with van der Waals surface area (Å²) in [5.74, 6) is -1.37. The van der Waals surface area contributed by atoms with Crippen molar-refractivity contribution in [3.05, 3.63) is 154 Å². The van der Waals surface area contributed by atoms with Gasteiger partial charge in [0, 0.05) is 59.1 Å². The number of benzene rings is 5. The van der Waals surface area contributed by atoms with Crippen LogP contribution in [-0.4, -0.2) is 115 Å². The summed E-state index contributed by atoms with van der Waals surface area (Å²) in [6.07, 6.45) is -1.22. The molecule has 3 aliphatic heterocycles. The standard InChI is InChI=1S/C31H33N9O3.C21H19NO5S.C2HF3O2/c41-29(36-18-19-1-2-19)22-15-25(39-30(42)37-23-7-3-20(4-8-23)27-32-11-12-33-27)17-26(16-22)40-31(43)38-24-9-5-21(6-10-24)28-34-13-14-35-28;1-3-27-21(25)18-19(24)17(12-13-9-10-16(26-2)15(23)11-13)28-20(18)22-14-7-5-4-6-8-14;3-2(4,5)1(6)7/h3-10,15-17,19H,1-2,11-14,18H2,(H,32,33)(H,34,35)(H,36,41)(H2,37,39,42)(H2,38,40,43);4-12,23-24H,3H2,1-2H3;(H,6,7)/b;17-12-,22-20?;. The van der Waals surface area contributed by atoms with Gasteiger partial charge in [-0.1, -0.05) is 36.0 Å². The number of carbonyl (C=O) groups excluding carboxylic acids is 4. The van der Waals surface area contributed by atoms with Gasteiger partial charge in [-0.05, 0) is 128 Å². The van der Waals surface area contributed by atoms with Crippen molar-refractivity contribution in [3.63, 3.8) is 0 Å². The van der Waals surface area contributed by atoms with Crippen LogP contribution in [0.5, 0.6) is 11.5 Å². The summed E-state index contributed by atoms with van der Waals surface area (Å²) in [5.41, 5.74) is 5.41. The van der Waals surface area contributed by atoms with Gasteiger partial charge in [0.25, 0.3) is 5.91 Å². The maximum absolute atomic E-state index is 12.9. The molecule has 20 nitrogen and oxygen atoms in total. The van der Waals surface area contributed by atoms with E-state index in [0.29, 0.717) is 67.7 Å². The largest absolute Gasteiger partial charge is 0.506 e. The van der Waals surface area contributed by atoms with Crippen molar-refractivity contribution in [2.24, 2.45) is 20.9 Å². The summed E-state index contributed by atoms with van der Waals surface area (Å²) in [6.45, 7) is 5.60. The number of amides is 5. The highest BCUT2D eigenvalue weighted by Crippen LogP contribution is 2.41. The summed E-state index contributed by atoms with van der Waals surface area (Å²) >= 11 is 1.16. The molecule has 3 heterocycles. The van der Waals surface area contributed by atoms with E-state index < -0.39 is 30.2 Å². The highest BCUT2D eigenvalue weighted by Gasteiger charge is 2.38. The van der Waals surface area contributed by atoms with Gasteiger partial charge >= 0.3 is 30.2 Å². The Hall–Kier alpha value is -9.32. The number of carboxylic acids is 1. The molecule has 0 spiro atoms. The van der Waals surface area contributed by atoms with Crippen LogP contribution >= 0.6 is 11.8 Å². The number of phenols is 1. The normalized spacial score (nSPS) is 15.4. The highest BCUT2D eigenvalue weighted by atomic mass is 32.2. The number of ether oxygens (including phenoxy) is 2. The molecule has 1 fully saturated rings. The molecule has 0 bridgehead atoms. The van der Waals surface area contributed by atoms with E-state index in [1.54, 1.807) is 79.7 Å². The number of alkyl halides is 3.